The summed E-state index contributed by atoms with van der Waals surface area (Å²) in [7, 11) is 0. The number of ether oxygens (including phenoxy) is 1. The normalized spacial score (nSPS) is 15.7. The number of carbonyl (C=O) groups excluding carboxylic acids is 2. The third-order valence-corrected chi connectivity index (χ3v) is 3.17. The van der Waals surface area contributed by atoms with Crippen molar-refractivity contribution in [1.82, 2.24) is 5.32 Å². The van der Waals surface area contributed by atoms with Gasteiger partial charge in [0, 0.05) is 6.04 Å². The van der Waals surface area contributed by atoms with Crippen LogP contribution in [-0.2, 0) is 16.0 Å². The number of benzene rings is 1. The Balaban J connectivity index is 1.89. The second kappa shape index (κ2) is 5.87. The van der Waals surface area contributed by atoms with Gasteiger partial charge < -0.3 is 10.1 Å². The molecule has 0 bridgehead atoms. The van der Waals surface area contributed by atoms with E-state index in [0.29, 0.717) is 5.56 Å². The van der Waals surface area contributed by atoms with Crippen LogP contribution in [0.3, 0.4) is 0 Å². The van der Waals surface area contributed by atoms with E-state index in [4.69, 9.17) is 4.74 Å². The molecule has 1 aromatic carbocycles. The van der Waals surface area contributed by atoms with Crippen molar-refractivity contribution in [2.75, 3.05) is 0 Å². The minimum atomic E-state index is -0.751. The van der Waals surface area contributed by atoms with Gasteiger partial charge in [-0.05, 0) is 43.9 Å². The van der Waals surface area contributed by atoms with E-state index in [2.05, 4.69) is 12.2 Å². The molecule has 1 atom stereocenters. The second-order valence-corrected chi connectivity index (χ2v) is 4.88. The molecule has 2 rings (SSSR count). The standard InChI is InChI=1S/C15H19NO3/c1-3-11-4-6-12(7-5-11)15(18)19-10(2)14(17)16-13-8-9-13/h4-7,10,13H,3,8-9H2,1-2H3,(H,16,17)/t10-/m0/s1. The van der Waals surface area contributed by atoms with Gasteiger partial charge in [0.25, 0.3) is 5.91 Å². The molecule has 1 saturated carbocycles. The summed E-state index contributed by atoms with van der Waals surface area (Å²) in [6.45, 7) is 3.65. The van der Waals surface area contributed by atoms with E-state index in [9.17, 15) is 9.59 Å². The van der Waals surface area contributed by atoms with Crippen LogP contribution in [0.5, 0.6) is 0 Å². The largest absolute Gasteiger partial charge is 0.449 e. The van der Waals surface area contributed by atoms with E-state index in [1.807, 2.05) is 12.1 Å². The zero-order valence-electron chi connectivity index (χ0n) is 11.3. The van der Waals surface area contributed by atoms with Gasteiger partial charge in [-0.3, -0.25) is 4.79 Å². The number of rotatable bonds is 5. The van der Waals surface area contributed by atoms with Crippen molar-refractivity contribution >= 4 is 11.9 Å². The van der Waals surface area contributed by atoms with Crippen molar-refractivity contribution in [3.63, 3.8) is 0 Å². The van der Waals surface area contributed by atoms with Crippen LogP contribution in [0.2, 0.25) is 0 Å². The minimum absolute atomic E-state index is 0.221. The van der Waals surface area contributed by atoms with Crippen molar-refractivity contribution in [2.24, 2.45) is 0 Å². The molecule has 0 spiro atoms. The molecule has 1 N–H and O–H groups in total. The summed E-state index contributed by atoms with van der Waals surface area (Å²) >= 11 is 0. The molecule has 1 amide bonds. The summed E-state index contributed by atoms with van der Waals surface area (Å²) in [5.41, 5.74) is 1.64. The topological polar surface area (TPSA) is 55.4 Å². The van der Waals surface area contributed by atoms with Crippen LogP contribution in [0.4, 0.5) is 0 Å². The number of carbonyl (C=O) groups is 2. The minimum Gasteiger partial charge on any atom is -0.449 e. The van der Waals surface area contributed by atoms with Crippen LogP contribution in [0.15, 0.2) is 24.3 Å². The van der Waals surface area contributed by atoms with Crippen molar-refractivity contribution in [3.8, 4) is 0 Å². The predicted molar refractivity (Wildman–Crippen MR) is 71.9 cm³/mol. The Morgan fingerprint density at radius 1 is 1.32 bits per heavy atom. The number of amides is 1. The first-order valence-electron chi connectivity index (χ1n) is 6.70. The molecular weight excluding hydrogens is 242 g/mol. The summed E-state index contributed by atoms with van der Waals surface area (Å²) < 4.78 is 5.15. The Morgan fingerprint density at radius 3 is 2.47 bits per heavy atom. The van der Waals surface area contributed by atoms with Crippen LogP contribution in [0.1, 0.15) is 42.6 Å². The summed E-state index contributed by atoms with van der Waals surface area (Å²) in [6.07, 6.45) is 2.21. The monoisotopic (exact) mass is 261 g/mol. The molecule has 1 aliphatic rings. The van der Waals surface area contributed by atoms with Gasteiger partial charge >= 0.3 is 5.97 Å². The van der Waals surface area contributed by atoms with E-state index in [-0.39, 0.29) is 11.9 Å². The smallest absolute Gasteiger partial charge is 0.338 e. The van der Waals surface area contributed by atoms with Crippen LogP contribution >= 0.6 is 0 Å². The van der Waals surface area contributed by atoms with Gasteiger partial charge in [-0.15, -0.1) is 0 Å². The molecule has 1 fully saturated rings. The molecule has 1 aliphatic carbocycles. The average Bonchev–Trinajstić information content (AvgIpc) is 3.22. The molecule has 102 valence electrons. The summed E-state index contributed by atoms with van der Waals surface area (Å²) in [6, 6.07) is 7.52. The lowest BCUT2D eigenvalue weighted by molar-refractivity contribution is -0.129. The highest BCUT2D eigenvalue weighted by Crippen LogP contribution is 2.19. The Kier molecular flexibility index (Phi) is 4.20. The van der Waals surface area contributed by atoms with Crippen LogP contribution in [-0.4, -0.2) is 24.0 Å². The SMILES string of the molecule is CCc1ccc(C(=O)O[C@@H](C)C(=O)NC2CC2)cc1. The quantitative estimate of drug-likeness (QED) is 0.826. The van der Waals surface area contributed by atoms with Crippen molar-refractivity contribution in [2.45, 2.75) is 45.3 Å². The molecule has 0 unspecified atom stereocenters. The highest BCUT2D eigenvalue weighted by molar-refractivity contribution is 5.92. The second-order valence-electron chi connectivity index (χ2n) is 4.88. The van der Waals surface area contributed by atoms with Crippen molar-refractivity contribution in [1.29, 1.82) is 0 Å². The third kappa shape index (κ3) is 3.81. The van der Waals surface area contributed by atoms with Crippen LogP contribution in [0.25, 0.3) is 0 Å². The molecule has 0 saturated heterocycles. The number of esters is 1. The average molecular weight is 261 g/mol. The van der Waals surface area contributed by atoms with E-state index >= 15 is 0 Å². The van der Waals surface area contributed by atoms with E-state index in [1.165, 1.54) is 0 Å². The number of hydrogen-bond donors (Lipinski definition) is 1. The van der Waals surface area contributed by atoms with Gasteiger partial charge in [0.1, 0.15) is 0 Å². The fraction of sp³-hybridized carbons (Fsp3) is 0.467. The summed E-state index contributed by atoms with van der Waals surface area (Å²) in [5.74, 6) is -0.679. The molecule has 19 heavy (non-hydrogen) atoms. The Hall–Kier alpha value is -1.84. The van der Waals surface area contributed by atoms with Gasteiger partial charge in [0.15, 0.2) is 6.10 Å². The number of aryl methyl sites for hydroxylation is 1. The third-order valence-electron chi connectivity index (χ3n) is 3.17. The van der Waals surface area contributed by atoms with Crippen LogP contribution in [0, 0.1) is 0 Å². The maximum atomic E-state index is 11.9. The lowest BCUT2D eigenvalue weighted by Gasteiger charge is -2.13. The number of nitrogens with one attached hydrogen (secondary N) is 1. The zero-order valence-corrected chi connectivity index (χ0v) is 11.3. The molecule has 0 aliphatic heterocycles. The highest BCUT2D eigenvalue weighted by atomic mass is 16.5. The first-order chi connectivity index (χ1) is 9.10. The molecule has 0 aromatic heterocycles. The van der Waals surface area contributed by atoms with Crippen molar-refractivity contribution < 1.29 is 14.3 Å². The van der Waals surface area contributed by atoms with E-state index < -0.39 is 12.1 Å². The molecule has 4 nitrogen and oxygen atoms in total. The zero-order chi connectivity index (χ0) is 13.8. The maximum Gasteiger partial charge on any atom is 0.338 e. The first kappa shape index (κ1) is 13.6. The number of hydrogen-bond acceptors (Lipinski definition) is 3. The Bertz CT molecular complexity index is 463. The first-order valence-corrected chi connectivity index (χ1v) is 6.70. The molecule has 0 heterocycles. The predicted octanol–water partition coefficient (Wildman–Crippen LogP) is 2.07. The van der Waals surface area contributed by atoms with Gasteiger partial charge in [-0.2, -0.15) is 0 Å². The van der Waals surface area contributed by atoms with Gasteiger partial charge in [-0.25, -0.2) is 4.79 Å². The van der Waals surface area contributed by atoms with Gasteiger partial charge in [-0.1, -0.05) is 19.1 Å². The van der Waals surface area contributed by atoms with E-state index in [1.54, 1.807) is 19.1 Å². The fourth-order valence-corrected chi connectivity index (χ4v) is 1.70. The molecular formula is C15H19NO3. The van der Waals surface area contributed by atoms with Gasteiger partial charge in [0.2, 0.25) is 0 Å². The summed E-state index contributed by atoms with van der Waals surface area (Å²) in [4.78, 5) is 23.5. The van der Waals surface area contributed by atoms with Crippen LogP contribution < -0.4 is 5.32 Å². The summed E-state index contributed by atoms with van der Waals surface area (Å²) in [5, 5.41) is 2.81. The molecule has 1 aromatic rings. The molecule has 4 heteroatoms. The van der Waals surface area contributed by atoms with Gasteiger partial charge in [0.05, 0.1) is 5.56 Å². The van der Waals surface area contributed by atoms with E-state index in [0.717, 1.165) is 24.8 Å². The lowest BCUT2D eigenvalue weighted by Crippen LogP contribution is -2.37. The maximum absolute atomic E-state index is 11.9. The Morgan fingerprint density at radius 2 is 1.95 bits per heavy atom. The lowest BCUT2D eigenvalue weighted by atomic mass is 10.1. The molecule has 0 radical (unpaired) electrons. The highest BCUT2D eigenvalue weighted by Gasteiger charge is 2.27. The Labute approximate surface area is 113 Å². The fourth-order valence-electron chi connectivity index (χ4n) is 1.70. The van der Waals surface area contributed by atoms with Crippen molar-refractivity contribution in [3.05, 3.63) is 35.4 Å².